The van der Waals surface area contributed by atoms with Crippen LogP contribution in [0.1, 0.15) is 73.1 Å². The fourth-order valence-electron chi connectivity index (χ4n) is 3.15. The number of amides is 1. The molecule has 0 aromatic rings. The van der Waals surface area contributed by atoms with Crippen LogP contribution in [0.25, 0.3) is 0 Å². The van der Waals surface area contributed by atoms with Crippen molar-refractivity contribution in [2.75, 3.05) is 0 Å². The summed E-state index contributed by atoms with van der Waals surface area (Å²) < 4.78 is 0. The maximum atomic E-state index is 12.6. The Bertz CT molecular complexity index is 278. The molecule has 0 aromatic carbocycles. The second-order valence-corrected chi connectivity index (χ2v) is 6.36. The molecule has 3 heteroatoms. The maximum Gasteiger partial charge on any atom is 0.241 e. The Morgan fingerprint density at radius 2 is 1.89 bits per heavy atom. The van der Waals surface area contributed by atoms with Gasteiger partial charge in [-0.1, -0.05) is 47.0 Å². The molecule has 3 nitrogen and oxygen atoms in total. The van der Waals surface area contributed by atoms with Crippen LogP contribution in [0.2, 0.25) is 0 Å². The second-order valence-electron chi connectivity index (χ2n) is 6.36. The molecule has 0 aliphatic carbocycles. The van der Waals surface area contributed by atoms with E-state index in [0.717, 1.165) is 25.7 Å². The van der Waals surface area contributed by atoms with Gasteiger partial charge in [0, 0.05) is 6.04 Å². The summed E-state index contributed by atoms with van der Waals surface area (Å²) in [7, 11) is 0. The highest BCUT2D eigenvalue weighted by atomic mass is 16.2. The second kappa shape index (κ2) is 7.88. The molecular formula is C16H32N2O. The summed E-state index contributed by atoms with van der Waals surface area (Å²) in [5.74, 6) is 0.893. The van der Waals surface area contributed by atoms with Gasteiger partial charge in [-0.25, -0.2) is 0 Å². The smallest absolute Gasteiger partial charge is 0.241 e. The average molecular weight is 268 g/mol. The molecule has 0 radical (unpaired) electrons. The third kappa shape index (κ3) is 4.48. The molecule has 1 heterocycles. The first-order valence-corrected chi connectivity index (χ1v) is 8.09. The van der Waals surface area contributed by atoms with Crippen LogP contribution in [0.5, 0.6) is 0 Å². The molecule has 0 bridgehead atoms. The van der Waals surface area contributed by atoms with Crippen LogP contribution in [0.15, 0.2) is 0 Å². The lowest BCUT2D eigenvalue weighted by molar-refractivity contribution is -0.132. The number of nitrogens with one attached hydrogen (secondary N) is 1. The molecule has 19 heavy (non-hydrogen) atoms. The quantitative estimate of drug-likeness (QED) is 0.730. The summed E-state index contributed by atoms with van der Waals surface area (Å²) in [6, 6.07) is 0.466. The standard InChI is InChI=1S/C16H32N2O/c1-6-8-10-14(9-7-2)18-13(5)17-15(16(18)19)11-12(3)4/h12-15,17H,6-11H2,1-5H3. The van der Waals surface area contributed by atoms with E-state index >= 15 is 0 Å². The van der Waals surface area contributed by atoms with Gasteiger partial charge in [0.25, 0.3) is 0 Å². The summed E-state index contributed by atoms with van der Waals surface area (Å²) in [6.45, 7) is 10.9. The summed E-state index contributed by atoms with van der Waals surface area (Å²) >= 11 is 0. The van der Waals surface area contributed by atoms with Crippen LogP contribution < -0.4 is 5.32 Å². The lowest BCUT2D eigenvalue weighted by atomic mass is 10.0. The fourth-order valence-corrected chi connectivity index (χ4v) is 3.15. The van der Waals surface area contributed by atoms with Crippen LogP contribution in [-0.2, 0) is 4.79 Å². The van der Waals surface area contributed by atoms with Crippen LogP contribution in [0.3, 0.4) is 0 Å². The van der Waals surface area contributed by atoms with Gasteiger partial charge in [0.15, 0.2) is 0 Å². The zero-order valence-electron chi connectivity index (χ0n) is 13.4. The largest absolute Gasteiger partial charge is 0.323 e. The molecule has 0 spiro atoms. The molecule has 1 rings (SSSR count). The van der Waals surface area contributed by atoms with Gasteiger partial charge >= 0.3 is 0 Å². The van der Waals surface area contributed by atoms with Crippen molar-refractivity contribution in [3.63, 3.8) is 0 Å². The molecule has 1 amide bonds. The first-order chi connectivity index (χ1) is 9.01. The van der Waals surface area contributed by atoms with Gasteiger partial charge in [0.05, 0.1) is 12.2 Å². The molecule has 1 aliphatic rings. The fraction of sp³-hybridized carbons (Fsp3) is 0.938. The normalized spacial score (nSPS) is 25.4. The Balaban J connectivity index is 2.70. The number of nitrogens with zero attached hydrogens (tertiary/aromatic N) is 1. The highest BCUT2D eigenvalue weighted by Gasteiger charge is 2.39. The van der Waals surface area contributed by atoms with Crippen molar-refractivity contribution >= 4 is 5.91 Å². The summed E-state index contributed by atoms with van der Waals surface area (Å²) in [4.78, 5) is 14.7. The van der Waals surface area contributed by atoms with E-state index in [9.17, 15) is 4.79 Å². The van der Waals surface area contributed by atoms with Crippen molar-refractivity contribution in [2.24, 2.45) is 5.92 Å². The van der Waals surface area contributed by atoms with Gasteiger partial charge in [-0.2, -0.15) is 0 Å². The molecule has 3 unspecified atom stereocenters. The SMILES string of the molecule is CCCCC(CCC)N1C(=O)C(CC(C)C)NC1C. The van der Waals surface area contributed by atoms with Gasteiger partial charge in [-0.3, -0.25) is 10.1 Å². The first kappa shape index (κ1) is 16.5. The maximum absolute atomic E-state index is 12.6. The van der Waals surface area contributed by atoms with E-state index < -0.39 is 0 Å². The van der Waals surface area contributed by atoms with Gasteiger partial charge in [0.2, 0.25) is 5.91 Å². The van der Waals surface area contributed by atoms with E-state index in [-0.39, 0.29) is 12.2 Å². The van der Waals surface area contributed by atoms with Crippen molar-refractivity contribution in [3.8, 4) is 0 Å². The molecule has 0 aromatic heterocycles. The van der Waals surface area contributed by atoms with Gasteiger partial charge in [-0.15, -0.1) is 0 Å². The van der Waals surface area contributed by atoms with Crippen LogP contribution >= 0.6 is 0 Å². The van der Waals surface area contributed by atoms with Gasteiger partial charge in [0.1, 0.15) is 0 Å². The third-order valence-corrected chi connectivity index (χ3v) is 4.03. The molecule has 0 saturated carbocycles. The number of carbonyl (C=O) groups is 1. The monoisotopic (exact) mass is 268 g/mol. The van der Waals surface area contributed by atoms with Crippen LogP contribution in [0.4, 0.5) is 0 Å². The molecule has 1 N–H and O–H groups in total. The highest BCUT2D eigenvalue weighted by molar-refractivity contribution is 5.84. The average Bonchev–Trinajstić information content (AvgIpc) is 2.60. The number of hydrogen-bond donors (Lipinski definition) is 1. The highest BCUT2D eigenvalue weighted by Crippen LogP contribution is 2.24. The number of rotatable bonds is 8. The minimum Gasteiger partial charge on any atom is -0.323 e. The van der Waals surface area contributed by atoms with E-state index in [1.54, 1.807) is 0 Å². The van der Waals surface area contributed by atoms with Crippen molar-refractivity contribution < 1.29 is 4.79 Å². The van der Waals surface area contributed by atoms with Crippen LogP contribution in [0, 0.1) is 5.92 Å². The molecule has 1 fully saturated rings. The Hall–Kier alpha value is -0.570. The number of carbonyl (C=O) groups excluding carboxylic acids is 1. The Kier molecular flexibility index (Phi) is 6.84. The predicted molar refractivity (Wildman–Crippen MR) is 80.9 cm³/mol. The Morgan fingerprint density at radius 3 is 2.42 bits per heavy atom. The zero-order valence-corrected chi connectivity index (χ0v) is 13.4. The van der Waals surface area contributed by atoms with Crippen molar-refractivity contribution in [2.45, 2.75) is 91.4 Å². The topological polar surface area (TPSA) is 32.3 Å². The van der Waals surface area contributed by atoms with Crippen molar-refractivity contribution in [3.05, 3.63) is 0 Å². The summed E-state index contributed by atoms with van der Waals surface area (Å²) in [6.07, 6.45) is 7.01. The Labute approximate surface area is 119 Å². The molecule has 1 saturated heterocycles. The number of unbranched alkanes of at least 4 members (excludes halogenated alkanes) is 1. The van der Waals surface area contributed by atoms with E-state index in [1.165, 1.54) is 12.8 Å². The van der Waals surface area contributed by atoms with E-state index in [0.29, 0.717) is 17.9 Å². The van der Waals surface area contributed by atoms with Crippen molar-refractivity contribution in [1.82, 2.24) is 10.2 Å². The number of hydrogen-bond acceptors (Lipinski definition) is 2. The Morgan fingerprint density at radius 1 is 1.21 bits per heavy atom. The lowest BCUT2D eigenvalue weighted by Gasteiger charge is -2.31. The van der Waals surface area contributed by atoms with Crippen molar-refractivity contribution in [1.29, 1.82) is 0 Å². The first-order valence-electron chi connectivity index (χ1n) is 8.09. The predicted octanol–water partition coefficient (Wildman–Crippen LogP) is 3.54. The lowest BCUT2D eigenvalue weighted by Crippen LogP contribution is -2.43. The summed E-state index contributed by atoms with van der Waals surface area (Å²) in [5.41, 5.74) is 0. The third-order valence-electron chi connectivity index (χ3n) is 4.03. The van der Waals surface area contributed by atoms with E-state index in [4.69, 9.17) is 0 Å². The minimum atomic E-state index is 0.0379. The molecule has 112 valence electrons. The van der Waals surface area contributed by atoms with Crippen LogP contribution in [-0.4, -0.2) is 29.1 Å². The molecule has 1 aliphatic heterocycles. The minimum absolute atomic E-state index is 0.0379. The summed E-state index contributed by atoms with van der Waals surface area (Å²) in [5, 5.41) is 3.48. The zero-order chi connectivity index (χ0) is 14.4. The molecule has 3 atom stereocenters. The van der Waals surface area contributed by atoms with Gasteiger partial charge < -0.3 is 4.90 Å². The molecular weight excluding hydrogens is 236 g/mol. The van der Waals surface area contributed by atoms with Gasteiger partial charge in [-0.05, 0) is 32.1 Å². The van der Waals surface area contributed by atoms with E-state index in [1.807, 2.05) is 0 Å². The van der Waals surface area contributed by atoms with E-state index in [2.05, 4.69) is 44.8 Å².